The van der Waals surface area contributed by atoms with Crippen LogP contribution >= 0.6 is 0 Å². The molecular formula is C52H59FN4O6. The Hall–Kier alpha value is -5.42. The van der Waals surface area contributed by atoms with Gasteiger partial charge in [-0.05, 0) is 130 Å². The van der Waals surface area contributed by atoms with Crippen LogP contribution in [-0.2, 0) is 32.7 Å². The minimum absolute atomic E-state index is 0.0739. The quantitative estimate of drug-likeness (QED) is 0.120. The SMILES string of the molecule is C=C/C(F)=C(\C=C(/CC1c2ccc(O)cc2CCC1c1ccccc1)OC)N1CC2(CCC(CN3CCC4(CC3)COc3c4ccc4c3CN(C3CCC(=O)NC3=O)C4=O)CC2)C1. The predicted octanol–water partition coefficient (Wildman–Crippen LogP) is 8.17. The number of imide groups is 1. The molecule has 63 heavy (non-hydrogen) atoms. The number of halogens is 1. The van der Waals surface area contributed by atoms with Crippen molar-refractivity contribution in [1.29, 1.82) is 0 Å². The predicted molar refractivity (Wildman–Crippen MR) is 238 cm³/mol. The molecule has 2 N–H and O–H groups in total. The highest BCUT2D eigenvalue weighted by Crippen LogP contribution is 2.52. The van der Waals surface area contributed by atoms with E-state index in [0.29, 0.717) is 43.2 Å². The van der Waals surface area contributed by atoms with Gasteiger partial charge in [0, 0.05) is 66.1 Å². The van der Waals surface area contributed by atoms with Crippen molar-refractivity contribution in [3.05, 3.63) is 130 Å². The van der Waals surface area contributed by atoms with Crippen molar-refractivity contribution >= 4 is 17.7 Å². The molecule has 10 nitrogen and oxygen atoms in total. The Kier molecular flexibility index (Phi) is 11.0. The number of likely N-dealkylation sites (tertiary alicyclic amines) is 2. The van der Waals surface area contributed by atoms with E-state index in [1.54, 1.807) is 18.1 Å². The summed E-state index contributed by atoms with van der Waals surface area (Å²) in [6.07, 6.45) is 12.9. The van der Waals surface area contributed by atoms with Gasteiger partial charge in [0.2, 0.25) is 11.8 Å². The molecule has 3 aromatic rings. The van der Waals surface area contributed by atoms with Gasteiger partial charge in [0.25, 0.3) is 5.91 Å². The van der Waals surface area contributed by atoms with E-state index in [9.17, 15) is 19.5 Å². The number of hydrogen-bond donors (Lipinski definition) is 2. The van der Waals surface area contributed by atoms with Gasteiger partial charge in [-0.3, -0.25) is 19.7 Å². The van der Waals surface area contributed by atoms with Gasteiger partial charge in [-0.1, -0.05) is 49.0 Å². The van der Waals surface area contributed by atoms with Crippen molar-refractivity contribution in [1.82, 2.24) is 20.0 Å². The second-order valence-electron chi connectivity index (χ2n) is 19.5. The summed E-state index contributed by atoms with van der Waals surface area (Å²) < 4.78 is 28.2. The van der Waals surface area contributed by atoms with E-state index in [0.717, 1.165) is 88.3 Å². The van der Waals surface area contributed by atoms with Crippen LogP contribution in [0.4, 0.5) is 4.39 Å². The number of piperidine rings is 2. The number of carbonyl (C=O) groups excluding carboxylic acids is 3. The van der Waals surface area contributed by atoms with Gasteiger partial charge in [-0.25, -0.2) is 4.39 Å². The van der Waals surface area contributed by atoms with E-state index in [1.807, 2.05) is 24.3 Å². The molecule has 330 valence electrons. The van der Waals surface area contributed by atoms with Gasteiger partial charge in [0.15, 0.2) is 0 Å². The van der Waals surface area contributed by atoms with Crippen LogP contribution in [-0.4, -0.2) is 90.0 Å². The normalized spacial score (nSPS) is 25.8. The summed E-state index contributed by atoms with van der Waals surface area (Å²) in [5, 5.41) is 12.7. The van der Waals surface area contributed by atoms with E-state index in [4.69, 9.17) is 9.47 Å². The first-order valence-corrected chi connectivity index (χ1v) is 23.1. The fourth-order valence-corrected chi connectivity index (χ4v) is 12.4. The van der Waals surface area contributed by atoms with Crippen LogP contribution in [0.3, 0.4) is 0 Å². The number of amides is 3. The Morgan fingerprint density at radius 3 is 2.49 bits per heavy atom. The summed E-state index contributed by atoms with van der Waals surface area (Å²) in [6.45, 7) is 9.49. The molecule has 7 aliphatic rings. The maximum Gasteiger partial charge on any atom is 0.255 e. The van der Waals surface area contributed by atoms with Crippen molar-refractivity contribution in [3.63, 3.8) is 0 Å². The fourth-order valence-electron chi connectivity index (χ4n) is 12.4. The van der Waals surface area contributed by atoms with Gasteiger partial charge in [-0.2, -0.15) is 0 Å². The molecule has 1 saturated carbocycles. The minimum atomic E-state index is -0.640. The molecule has 5 heterocycles. The highest BCUT2D eigenvalue weighted by molar-refractivity contribution is 6.05. The number of phenolic OH excluding ortho intramolecular Hbond substituents is 1. The van der Waals surface area contributed by atoms with E-state index < -0.39 is 11.9 Å². The van der Waals surface area contributed by atoms with E-state index in [-0.39, 0.29) is 52.5 Å². The number of allylic oxidation sites excluding steroid dienone is 4. The largest absolute Gasteiger partial charge is 0.508 e. The lowest BCUT2D eigenvalue weighted by atomic mass is 9.65. The highest BCUT2D eigenvalue weighted by atomic mass is 19.1. The Morgan fingerprint density at radius 2 is 1.76 bits per heavy atom. The molecule has 0 aromatic heterocycles. The van der Waals surface area contributed by atoms with Crippen LogP contribution in [0.1, 0.15) is 114 Å². The molecule has 5 aliphatic heterocycles. The molecule has 11 heteroatoms. The monoisotopic (exact) mass is 854 g/mol. The number of phenols is 1. The molecule has 4 fully saturated rings. The molecule has 3 amide bonds. The number of aromatic hydroxyl groups is 1. The summed E-state index contributed by atoms with van der Waals surface area (Å²) in [7, 11) is 1.68. The van der Waals surface area contributed by atoms with Crippen molar-refractivity contribution in [2.75, 3.05) is 46.4 Å². The van der Waals surface area contributed by atoms with Crippen LogP contribution in [0.2, 0.25) is 0 Å². The molecule has 0 bridgehead atoms. The number of rotatable bonds is 10. The first-order chi connectivity index (χ1) is 30.6. The lowest BCUT2D eigenvalue weighted by molar-refractivity contribution is -0.136. The Labute approximate surface area is 369 Å². The highest BCUT2D eigenvalue weighted by Gasteiger charge is 2.49. The number of aryl methyl sites for hydroxylation is 1. The molecule has 2 aliphatic carbocycles. The lowest BCUT2D eigenvalue weighted by Crippen LogP contribution is -2.57. The van der Waals surface area contributed by atoms with Crippen molar-refractivity contribution in [2.45, 2.75) is 100 Å². The second-order valence-corrected chi connectivity index (χ2v) is 19.5. The van der Waals surface area contributed by atoms with Crippen LogP contribution in [0.15, 0.2) is 96.7 Å². The molecule has 3 unspecified atom stereocenters. The van der Waals surface area contributed by atoms with E-state index >= 15 is 4.39 Å². The third-order valence-electron chi connectivity index (χ3n) is 16.0. The van der Waals surface area contributed by atoms with Gasteiger partial charge >= 0.3 is 0 Å². The molecule has 3 aromatic carbocycles. The smallest absolute Gasteiger partial charge is 0.255 e. The number of fused-ring (bicyclic) bond motifs is 5. The molecular weight excluding hydrogens is 796 g/mol. The van der Waals surface area contributed by atoms with Crippen molar-refractivity contribution in [3.8, 4) is 11.5 Å². The molecule has 0 radical (unpaired) electrons. The van der Waals surface area contributed by atoms with Crippen LogP contribution in [0.5, 0.6) is 11.5 Å². The van der Waals surface area contributed by atoms with Gasteiger partial charge < -0.3 is 29.3 Å². The number of ether oxygens (including phenoxy) is 2. The Balaban J connectivity index is 0.746. The molecule has 3 atom stereocenters. The number of nitrogens with zero attached hydrogens (tertiary/aromatic N) is 3. The fraction of sp³-hybridized carbons (Fsp3) is 0.481. The third kappa shape index (κ3) is 7.64. The van der Waals surface area contributed by atoms with Gasteiger partial charge in [0.1, 0.15) is 23.4 Å². The first kappa shape index (κ1) is 41.6. The van der Waals surface area contributed by atoms with Crippen LogP contribution in [0, 0.1) is 11.3 Å². The summed E-state index contributed by atoms with van der Waals surface area (Å²) >= 11 is 0. The topological polar surface area (TPSA) is 112 Å². The molecule has 10 rings (SSSR count). The summed E-state index contributed by atoms with van der Waals surface area (Å²) in [5.74, 6) is 1.70. The average Bonchev–Trinajstić information content (AvgIpc) is 3.82. The second kappa shape index (κ2) is 16.6. The zero-order valence-electron chi connectivity index (χ0n) is 36.4. The van der Waals surface area contributed by atoms with Crippen LogP contribution < -0.4 is 10.1 Å². The zero-order chi connectivity index (χ0) is 43.5. The van der Waals surface area contributed by atoms with Gasteiger partial charge in [0.05, 0.1) is 31.7 Å². The first-order valence-electron chi connectivity index (χ1n) is 23.1. The Morgan fingerprint density at radius 1 is 0.984 bits per heavy atom. The number of benzene rings is 3. The van der Waals surface area contributed by atoms with Gasteiger partial charge in [-0.15, -0.1) is 0 Å². The third-order valence-corrected chi connectivity index (χ3v) is 16.0. The maximum atomic E-state index is 15.8. The number of nitrogens with one attached hydrogen (secondary N) is 1. The number of hydrogen-bond acceptors (Lipinski definition) is 8. The van der Waals surface area contributed by atoms with E-state index in [2.05, 4.69) is 58.1 Å². The Bertz CT molecular complexity index is 2370. The summed E-state index contributed by atoms with van der Waals surface area (Å²) in [6, 6.07) is 19.7. The maximum absolute atomic E-state index is 15.8. The summed E-state index contributed by atoms with van der Waals surface area (Å²) in [5.41, 5.74) is 7.02. The zero-order valence-corrected chi connectivity index (χ0v) is 36.4. The minimum Gasteiger partial charge on any atom is -0.508 e. The molecule has 3 saturated heterocycles. The van der Waals surface area contributed by atoms with Crippen LogP contribution in [0.25, 0.3) is 0 Å². The van der Waals surface area contributed by atoms with Crippen molar-refractivity contribution in [2.24, 2.45) is 11.3 Å². The van der Waals surface area contributed by atoms with E-state index in [1.165, 1.54) is 41.2 Å². The average molecular weight is 855 g/mol. The summed E-state index contributed by atoms with van der Waals surface area (Å²) in [4.78, 5) is 44.2. The lowest BCUT2D eigenvalue weighted by Gasteiger charge is -2.55. The molecule has 2 spiro atoms. The van der Waals surface area contributed by atoms with Crippen molar-refractivity contribution < 1.29 is 33.4 Å². The number of carbonyl (C=O) groups is 3. The number of methoxy groups -OCH3 is 1. The standard InChI is InChI=1S/C52H59FN4O6/c1-3-44(53)46(27-37(62-2)26-41-38(34-7-5-4-6-8-34)11-9-35-25-36(58)10-12-39(35)41)56-30-51(31-56)19-17-33(18-20-51)28-55-23-21-52(22-24-55)32-63-48-42-29-57(45-15-16-47(59)54-49(45)60)50(61)40(42)13-14-43(48)52/h3-8,10,12-14,25,27,33,38,41,45,58H,1,9,11,15-24,26,28-32H2,2H3,(H,54,59,60)/b37-27+,46-44-.